The Balaban J connectivity index is 2.06. The summed E-state index contributed by atoms with van der Waals surface area (Å²) in [5.74, 6) is -0.644. The van der Waals surface area contributed by atoms with E-state index in [4.69, 9.17) is 5.11 Å². The lowest BCUT2D eigenvalue weighted by Gasteiger charge is -2.19. The summed E-state index contributed by atoms with van der Waals surface area (Å²) < 4.78 is 25.4. The topological polar surface area (TPSA) is 102 Å². The Labute approximate surface area is 115 Å². The minimum absolute atomic E-state index is 0.0838. The Morgan fingerprint density at radius 2 is 2.15 bits per heavy atom. The SMILES string of the molecule is O=C(O)c1ccc2nc(C3CCCCS3(=O)=O)nn2c1. The molecule has 0 amide bonds. The lowest BCUT2D eigenvalue weighted by Crippen LogP contribution is -2.22. The predicted octanol–water partition coefficient (Wildman–Crippen LogP) is 1.07. The molecule has 1 aliphatic heterocycles. The Kier molecular flexibility index (Phi) is 2.97. The van der Waals surface area contributed by atoms with Gasteiger partial charge in [0, 0.05) is 6.20 Å². The van der Waals surface area contributed by atoms with Crippen molar-refractivity contribution in [2.75, 3.05) is 5.75 Å². The van der Waals surface area contributed by atoms with E-state index in [0.717, 1.165) is 6.42 Å². The largest absolute Gasteiger partial charge is 0.478 e. The molecule has 7 nitrogen and oxygen atoms in total. The number of aromatic nitrogens is 3. The number of nitrogens with zero attached hydrogens (tertiary/aromatic N) is 3. The van der Waals surface area contributed by atoms with Gasteiger partial charge in [-0.25, -0.2) is 22.7 Å². The molecule has 8 heteroatoms. The average molecular weight is 295 g/mol. The van der Waals surface area contributed by atoms with Crippen LogP contribution in [0.25, 0.3) is 5.65 Å². The molecular weight excluding hydrogens is 282 g/mol. The molecule has 3 rings (SSSR count). The van der Waals surface area contributed by atoms with Crippen LogP contribution in [0.4, 0.5) is 0 Å². The molecule has 3 heterocycles. The van der Waals surface area contributed by atoms with E-state index in [1.807, 2.05) is 0 Å². The molecule has 0 saturated carbocycles. The second-order valence-corrected chi connectivity index (χ2v) is 7.15. The molecule has 20 heavy (non-hydrogen) atoms. The lowest BCUT2D eigenvalue weighted by atomic mass is 10.2. The lowest BCUT2D eigenvalue weighted by molar-refractivity contribution is 0.0696. The van der Waals surface area contributed by atoms with Crippen LogP contribution < -0.4 is 0 Å². The number of fused-ring (bicyclic) bond motifs is 1. The fourth-order valence-corrected chi connectivity index (χ4v) is 4.25. The summed E-state index contributed by atoms with van der Waals surface area (Å²) >= 11 is 0. The second kappa shape index (κ2) is 4.55. The number of aromatic carboxylic acids is 1. The summed E-state index contributed by atoms with van der Waals surface area (Å²) in [6.45, 7) is 0. The van der Waals surface area contributed by atoms with E-state index in [9.17, 15) is 13.2 Å². The zero-order valence-corrected chi connectivity index (χ0v) is 11.4. The van der Waals surface area contributed by atoms with E-state index >= 15 is 0 Å². The highest BCUT2D eigenvalue weighted by Crippen LogP contribution is 2.31. The molecule has 2 aromatic rings. The molecule has 0 bridgehead atoms. The molecular formula is C12H13N3O4S. The predicted molar refractivity (Wildman–Crippen MR) is 70.3 cm³/mol. The number of carboxylic acid groups (broad SMARTS) is 1. The fourth-order valence-electron chi connectivity index (χ4n) is 2.41. The van der Waals surface area contributed by atoms with Crippen molar-refractivity contribution in [3.05, 3.63) is 29.7 Å². The minimum atomic E-state index is -3.21. The van der Waals surface area contributed by atoms with Gasteiger partial charge in [0.05, 0.1) is 11.3 Å². The Hall–Kier alpha value is -1.96. The first kappa shape index (κ1) is 13.0. The standard InChI is InChI=1S/C12H13N3O4S/c16-12(17)8-4-5-10-13-11(14-15(10)7-8)9-3-1-2-6-20(9,18)19/h4-5,7,9H,1-3,6H2,(H,16,17). The van der Waals surface area contributed by atoms with E-state index in [1.54, 1.807) is 0 Å². The maximum atomic E-state index is 12.1. The van der Waals surface area contributed by atoms with E-state index in [-0.39, 0.29) is 17.1 Å². The van der Waals surface area contributed by atoms with E-state index in [1.165, 1.54) is 22.8 Å². The van der Waals surface area contributed by atoms with Gasteiger partial charge in [-0.1, -0.05) is 6.42 Å². The first-order valence-corrected chi connectivity index (χ1v) is 8.00. The van der Waals surface area contributed by atoms with Crippen molar-refractivity contribution in [2.45, 2.75) is 24.5 Å². The summed E-state index contributed by atoms with van der Waals surface area (Å²) in [7, 11) is -3.21. The summed E-state index contributed by atoms with van der Waals surface area (Å²) in [5, 5.41) is 12.4. The Morgan fingerprint density at radius 3 is 2.85 bits per heavy atom. The Morgan fingerprint density at radius 1 is 1.35 bits per heavy atom. The maximum Gasteiger partial charge on any atom is 0.337 e. The van der Waals surface area contributed by atoms with Gasteiger partial charge in [-0.05, 0) is 25.0 Å². The second-order valence-electron chi connectivity index (χ2n) is 4.85. The quantitative estimate of drug-likeness (QED) is 0.889. The van der Waals surface area contributed by atoms with Gasteiger partial charge < -0.3 is 5.11 Å². The van der Waals surface area contributed by atoms with Crippen molar-refractivity contribution in [3.63, 3.8) is 0 Å². The third kappa shape index (κ3) is 2.15. The van der Waals surface area contributed by atoms with Crippen LogP contribution >= 0.6 is 0 Å². The van der Waals surface area contributed by atoms with Crippen LogP contribution in [0.1, 0.15) is 40.7 Å². The first-order valence-electron chi connectivity index (χ1n) is 6.28. The minimum Gasteiger partial charge on any atom is -0.478 e. The van der Waals surface area contributed by atoms with E-state index in [0.29, 0.717) is 18.5 Å². The summed E-state index contributed by atoms with van der Waals surface area (Å²) in [6, 6.07) is 2.95. The van der Waals surface area contributed by atoms with Crippen LogP contribution in [0, 0.1) is 0 Å². The zero-order chi connectivity index (χ0) is 14.3. The van der Waals surface area contributed by atoms with Gasteiger partial charge in [-0.2, -0.15) is 0 Å². The molecule has 2 aromatic heterocycles. The van der Waals surface area contributed by atoms with Gasteiger partial charge >= 0.3 is 5.97 Å². The highest BCUT2D eigenvalue weighted by atomic mass is 32.2. The summed E-state index contributed by atoms with van der Waals surface area (Å²) in [5.41, 5.74) is 0.534. The van der Waals surface area contributed by atoms with Gasteiger partial charge in [0.1, 0.15) is 5.25 Å². The van der Waals surface area contributed by atoms with E-state index < -0.39 is 21.1 Å². The summed E-state index contributed by atoms with van der Waals surface area (Å²) in [4.78, 5) is 15.1. The van der Waals surface area contributed by atoms with Crippen molar-refractivity contribution >= 4 is 21.5 Å². The van der Waals surface area contributed by atoms with Gasteiger partial charge in [0.2, 0.25) is 0 Å². The summed E-state index contributed by atoms with van der Waals surface area (Å²) in [6.07, 6.45) is 3.36. The molecule has 0 aliphatic carbocycles. The van der Waals surface area contributed by atoms with Crippen molar-refractivity contribution in [2.24, 2.45) is 0 Å². The third-order valence-electron chi connectivity index (χ3n) is 3.46. The number of carboxylic acids is 1. The van der Waals surface area contributed by atoms with Gasteiger partial charge in [0.25, 0.3) is 0 Å². The molecule has 106 valence electrons. The monoisotopic (exact) mass is 295 g/mol. The van der Waals surface area contributed by atoms with Gasteiger partial charge in [-0.15, -0.1) is 5.10 Å². The number of hydrogen-bond donors (Lipinski definition) is 1. The fraction of sp³-hybridized carbons (Fsp3) is 0.417. The molecule has 1 fully saturated rings. The van der Waals surface area contributed by atoms with Gasteiger partial charge in [0.15, 0.2) is 21.3 Å². The number of pyridine rings is 1. The van der Waals surface area contributed by atoms with Crippen LogP contribution in [-0.4, -0.2) is 39.8 Å². The highest BCUT2D eigenvalue weighted by Gasteiger charge is 2.33. The average Bonchev–Trinajstić information content (AvgIpc) is 2.80. The van der Waals surface area contributed by atoms with Crippen molar-refractivity contribution in [1.82, 2.24) is 14.6 Å². The molecule has 1 atom stereocenters. The zero-order valence-electron chi connectivity index (χ0n) is 10.6. The molecule has 0 spiro atoms. The number of carbonyl (C=O) groups is 1. The van der Waals surface area contributed by atoms with Crippen molar-refractivity contribution in [3.8, 4) is 0 Å². The number of hydrogen-bond acceptors (Lipinski definition) is 5. The molecule has 1 saturated heterocycles. The normalized spacial score (nSPS) is 21.9. The maximum absolute atomic E-state index is 12.1. The highest BCUT2D eigenvalue weighted by molar-refractivity contribution is 7.91. The number of rotatable bonds is 2. The first-order chi connectivity index (χ1) is 9.47. The molecule has 1 aliphatic rings. The van der Waals surface area contributed by atoms with Crippen LogP contribution in [0.2, 0.25) is 0 Å². The third-order valence-corrected chi connectivity index (χ3v) is 5.63. The van der Waals surface area contributed by atoms with Crippen LogP contribution in [0.15, 0.2) is 18.3 Å². The van der Waals surface area contributed by atoms with Crippen molar-refractivity contribution < 1.29 is 18.3 Å². The van der Waals surface area contributed by atoms with Crippen LogP contribution in [0.5, 0.6) is 0 Å². The molecule has 0 aromatic carbocycles. The van der Waals surface area contributed by atoms with Crippen molar-refractivity contribution in [1.29, 1.82) is 0 Å². The van der Waals surface area contributed by atoms with E-state index in [2.05, 4.69) is 10.1 Å². The molecule has 0 radical (unpaired) electrons. The molecule has 1 unspecified atom stereocenters. The van der Waals surface area contributed by atoms with Crippen LogP contribution in [-0.2, 0) is 9.84 Å². The Bertz CT molecular complexity index is 781. The van der Waals surface area contributed by atoms with Crippen LogP contribution in [0.3, 0.4) is 0 Å². The van der Waals surface area contributed by atoms with Gasteiger partial charge in [-0.3, -0.25) is 0 Å². The number of sulfone groups is 1. The molecule has 1 N–H and O–H groups in total. The smallest absolute Gasteiger partial charge is 0.337 e.